The Balaban J connectivity index is 2.99. The van der Waals surface area contributed by atoms with Crippen molar-refractivity contribution in [2.75, 3.05) is 7.11 Å². The fourth-order valence-corrected chi connectivity index (χ4v) is 0.622. The fraction of sp³-hybridized carbons (Fsp3) is 1.00. The largest absolute Gasteiger partial charge is 0.381 e. The molecule has 0 heterocycles. The Morgan fingerprint density at radius 1 is 1.29 bits per heavy atom. The van der Waals surface area contributed by atoms with E-state index < -0.39 is 0 Å². The van der Waals surface area contributed by atoms with E-state index in [2.05, 4.69) is 13.8 Å². The van der Waals surface area contributed by atoms with Crippen LogP contribution in [0.3, 0.4) is 0 Å². The van der Waals surface area contributed by atoms with Crippen molar-refractivity contribution < 1.29 is 4.74 Å². The van der Waals surface area contributed by atoms with E-state index in [1.807, 2.05) is 0 Å². The normalized spacial score (nSPS) is 10.3. The molecule has 0 saturated heterocycles. The predicted octanol–water partition coefficient (Wildman–Crippen LogP) is 1.82. The van der Waals surface area contributed by atoms with Gasteiger partial charge in [-0.25, -0.2) is 0 Å². The van der Waals surface area contributed by atoms with Crippen molar-refractivity contribution >= 4 is 0 Å². The first kappa shape index (κ1) is 6.96. The molecule has 0 rings (SSSR count). The van der Waals surface area contributed by atoms with Crippen LogP contribution in [-0.4, -0.2) is 13.2 Å². The molecule has 0 radical (unpaired) electrons. The summed E-state index contributed by atoms with van der Waals surface area (Å²) in [7, 11) is 1.76. The lowest BCUT2D eigenvalue weighted by Gasteiger charge is -2.07. The van der Waals surface area contributed by atoms with Gasteiger partial charge in [0.05, 0.1) is 6.10 Å². The van der Waals surface area contributed by atoms with E-state index in [4.69, 9.17) is 4.74 Å². The zero-order valence-electron chi connectivity index (χ0n) is 5.40. The maximum Gasteiger partial charge on any atom is 0.0566 e. The van der Waals surface area contributed by atoms with E-state index in [9.17, 15) is 0 Å². The summed E-state index contributed by atoms with van der Waals surface area (Å²) in [5, 5.41) is 0. The van der Waals surface area contributed by atoms with Crippen LogP contribution in [0.15, 0.2) is 0 Å². The van der Waals surface area contributed by atoms with Crippen LogP contribution in [0, 0.1) is 0 Å². The maximum atomic E-state index is 5.05. The molecule has 0 aliphatic heterocycles. The SMILES string of the molecule is CCC(CC)OC. The highest BCUT2D eigenvalue weighted by Gasteiger charge is 1.96. The van der Waals surface area contributed by atoms with Crippen LogP contribution in [0.4, 0.5) is 0 Å². The highest BCUT2D eigenvalue weighted by molar-refractivity contribution is 4.47. The van der Waals surface area contributed by atoms with Crippen molar-refractivity contribution in [3.05, 3.63) is 0 Å². The monoisotopic (exact) mass is 102 g/mol. The van der Waals surface area contributed by atoms with Crippen molar-refractivity contribution in [1.82, 2.24) is 0 Å². The molecule has 0 aromatic rings. The van der Waals surface area contributed by atoms with E-state index in [-0.39, 0.29) is 0 Å². The van der Waals surface area contributed by atoms with Crippen molar-refractivity contribution in [2.45, 2.75) is 32.8 Å². The fourth-order valence-electron chi connectivity index (χ4n) is 0.622. The number of hydrogen-bond donors (Lipinski definition) is 0. The molecule has 0 fully saturated rings. The van der Waals surface area contributed by atoms with E-state index in [0.29, 0.717) is 6.10 Å². The first-order chi connectivity index (χ1) is 3.35. The Kier molecular flexibility index (Phi) is 4.10. The Hall–Kier alpha value is -0.0400. The molecule has 0 N–H and O–H groups in total. The summed E-state index contributed by atoms with van der Waals surface area (Å²) in [6.45, 7) is 4.27. The van der Waals surface area contributed by atoms with Crippen molar-refractivity contribution in [2.24, 2.45) is 0 Å². The van der Waals surface area contributed by atoms with Crippen LogP contribution in [0.25, 0.3) is 0 Å². The lowest BCUT2D eigenvalue weighted by atomic mass is 10.2. The number of hydrogen-bond acceptors (Lipinski definition) is 1. The van der Waals surface area contributed by atoms with Crippen molar-refractivity contribution in [1.29, 1.82) is 0 Å². The number of methoxy groups -OCH3 is 1. The molecule has 0 aromatic carbocycles. The van der Waals surface area contributed by atoms with Gasteiger partial charge < -0.3 is 4.74 Å². The minimum absolute atomic E-state index is 0.486. The zero-order chi connectivity index (χ0) is 5.70. The van der Waals surface area contributed by atoms with Gasteiger partial charge in [0, 0.05) is 7.11 Å². The predicted molar refractivity (Wildman–Crippen MR) is 31.4 cm³/mol. The number of ether oxygens (including phenoxy) is 1. The minimum Gasteiger partial charge on any atom is -0.381 e. The second kappa shape index (κ2) is 4.13. The Morgan fingerprint density at radius 2 is 1.71 bits per heavy atom. The first-order valence-corrected chi connectivity index (χ1v) is 2.87. The molecule has 0 bridgehead atoms. The van der Waals surface area contributed by atoms with Crippen molar-refractivity contribution in [3.63, 3.8) is 0 Å². The van der Waals surface area contributed by atoms with Gasteiger partial charge in [-0.05, 0) is 12.8 Å². The smallest absolute Gasteiger partial charge is 0.0566 e. The van der Waals surface area contributed by atoms with Crippen LogP contribution in [0.1, 0.15) is 26.7 Å². The van der Waals surface area contributed by atoms with E-state index >= 15 is 0 Å². The van der Waals surface area contributed by atoms with E-state index in [1.165, 1.54) is 0 Å². The lowest BCUT2D eigenvalue weighted by molar-refractivity contribution is 0.0964. The summed E-state index contributed by atoms with van der Waals surface area (Å²) in [4.78, 5) is 0. The Morgan fingerprint density at radius 3 is 1.71 bits per heavy atom. The van der Waals surface area contributed by atoms with Crippen LogP contribution < -0.4 is 0 Å². The molecule has 0 atom stereocenters. The van der Waals surface area contributed by atoms with Crippen LogP contribution in [0.5, 0.6) is 0 Å². The third kappa shape index (κ3) is 2.63. The third-order valence-corrected chi connectivity index (χ3v) is 1.24. The summed E-state index contributed by atoms with van der Waals surface area (Å²) < 4.78 is 5.05. The first-order valence-electron chi connectivity index (χ1n) is 2.87. The Bertz CT molecular complexity index is 25.7. The van der Waals surface area contributed by atoms with Gasteiger partial charge in [0.1, 0.15) is 0 Å². The van der Waals surface area contributed by atoms with E-state index in [1.54, 1.807) is 7.11 Å². The Labute approximate surface area is 45.7 Å². The van der Waals surface area contributed by atoms with Gasteiger partial charge in [-0.3, -0.25) is 0 Å². The molecule has 0 amide bonds. The maximum absolute atomic E-state index is 5.05. The third-order valence-electron chi connectivity index (χ3n) is 1.24. The molecular weight excluding hydrogens is 88.1 g/mol. The van der Waals surface area contributed by atoms with E-state index in [0.717, 1.165) is 12.8 Å². The summed E-state index contributed by atoms with van der Waals surface area (Å²) in [6.07, 6.45) is 2.75. The molecule has 0 aliphatic carbocycles. The second-order valence-electron chi connectivity index (χ2n) is 1.67. The molecule has 1 heteroatoms. The van der Waals surface area contributed by atoms with Gasteiger partial charge in [-0.15, -0.1) is 0 Å². The quantitative estimate of drug-likeness (QED) is 0.528. The van der Waals surface area contributed by atoms with Crippen LogP contribution >= 0.6 is 0 Å². The summed E-state index contributed by atoms with van der Waals surface area (Å²) >= 11 is 0. The highest BCUT2D eigenvalue weighted by Crippen LogP contribution is 1.98. The molecule has 0 unspecified atom stereocenters. The average Bonchev–Trinajstić information content (AvgIpc) is 1.72. The van der Waals surface area contributed by atoms with Crippen LogP contribution in [0.2, 0.25) is 0 Å². The molecule has 1 nitrogen and oxygen atoms in total. The second-order valence-corrected chi connectivity index (χ2v) is 1.67. The number of rotatable bonds is 3. The zero-order valence-corrected chi connectivity index (χ0v) is 5.40. The summed E-state index contributed by atoms with van der Waals surface area (Å²) in [6, 6.07) is 0. The van der Waals surface area contributed by atoms with Gasteiger partial charge in [0.2, 0.25) is 0 Å². The molecule has 0 saturated carbocycles. The van der Waals surface area contributed by atoms with Gasteiger partial charge in [-0.1, -0.05) is 13.8 Å². The standard InChI is InChI=1S/C6H14O/c1-4-6(5-2)7-3/h6H,4-5H2,1-3H3. The minimum atomic E-state index is 0.486. The van der Waals surface area contributed by atoms with Gasteiger partial charge in [-0.2, -0.15) is 0 Å². The summed E-state index contributed by atoms with van der Waals surface area (Å²) in [5.74, 6) is 0. The molecule has 0 aromatic heterocycles. The molecular formula is C6H14O. The average molecular weight is 102 g/mol. The lowest BCUT2D eigenvalue weighted by Crippen LogP contribution is -2.05. The van der Waals surface area contributed by atoms with Crippen LogP contribution in [-0.2, 0) is 4.74 Å². The summed E-state index contributed by atoms with van der Waals surface area (Å²) in [5.41, 5.74) is 0. The molecule has 44 valence electrons. The highest BCUT2D eigenvalue weighted by atomic mass is 16.5. The molecule has 7 heavy (non-hydrogen) atoms. The van der Waals surface area contributed by atoms with Gasteiger partial charge in [0.25, 0.3) is 0 Å². The van der Waals surface area contributed by atoms with Gasteiger partial charge >= 0.3 is 0 Å². The van der Waals surface area contributed by atoms with Crippen molar-refractivity contribution in [3.8, 4) is 0 Å². The molecule has 0 spiro atoms. The van der Waals surface area contributed by atoms with Gasteiger partial charge in [0.15, 0.2) is 0 Å². The topological polar surface area (TPSA) is 9.23 Å². The molecule has 0 aliphatic rings.